The van der Waals surface area contributed by atoms with Crippen LogP contribution < -0.4 is 10.0 Å². The van der Waals surface area contributed by atoms with Gasteiger partial charge in [-0.15, -0.1) is 11.3 Å². The first-order valence-corrected chi connectivity index (χ1v) is 13.9. The molecule has 0 saturated carbocycles. The molecule has 0 bridgehead atoms. The predicted molar refractivity (Wildman–Crippen MR) is 143 cm³/mol. The van der Waals surface area contributed by atoms with Crippen LogP contribution in [0.4, 0.5) is 11.4 Å². The predicted octanol–water partition coefficient (Wildman–Crippen LogP) is 5.68. The standard InChI is InChI=1S/C25H20N4O3S3/c1-16-2-5-19(6-3-16)27-24(30)15-33-25-28-22-9-7-20(13-23(22)34-25)29-35(31,32)21-8-4-17-10-11-26-14-18(17)12-21/h2-14,29H,15H2,1H3,(H,27,30). The highest BCUT2D eigenvalue weighted by Gasteiger charge is 2.16. The molecule has 0 saturated heterocycles. The number of rotatable bonds is 7. The second-order valence-corrected chi connectivity index (χ2v) is 11.8. The molecule has 5 rings (SSSR count). The van der Waals surface area contributed by atoms with E-state index < -0.39 is 10.0 Å². The van der Waals surface area contributed by atoms with Crippen LogP contribution in [-0.4, -0.2) is 30.0 Å². The average Bonchev–Trinajstić information content (AvgIpc) is 3.26. The number of benzene rings is 3. The fourth-order valence-corrected chi connectivity index (χ4v) is 6.43. The first-order valence-electron chi connectivity index (χ1n) is 10.6. The first kappa shape index (κ1) is 23.3. The zero-order valence-electron chi connectivity index (χ0n) is 18.6. The fourth-order valence-electron chi connectivity index (χ4n) is 3.43. The molecule has 0 unspecified atom stereocenters. The lowest BCUT2D eigenvalue weighted by Crippen LogP contribution is -2.13. The van der Waals surface area contributed by atoms with Crippen LogP contribution in [0.15, 0.2) is 88.4 Å². The van der Waals surface area contributed by atoms with Gasteiger partial charge in [0.05, 0.1) is 26.6 Å². The third-order valence-electron chi connectivity index (χ3n) is 5.21. The number of aromatic nitrogens is 2. The molecule has 35 heavy (non-hydrogen) atoms. The number of nitrogens with zero attached hydrogens (tertiary/aromatic N) is 2. The highest BCUT2D eigenvalue weighted by Crippen LogP contribution is 2.32. The van der Waals surface area contributed by atoms with E-state index in [0.29, 0.717) is 5.69 Å². The number of carbonyl (C=O) groups excluding carboxylic acids is 1. The van der Waals surface area contributed by atoms with Crippen LogP contribution in [0.1, 0.15) is 5.56 Å². The average molecular weight is 521 g/mol. The topological polar surface area (TPSA) is 101 Å². The van der Waals surface area contributed by atoms with Gasteiger partial charge in [-0.25, -0.2) is 13.4 Å². The summed E-state index contributed by atoms with van der Waals surface area (Å²) in [5.41, 5.74) is 3.07. The summed E-state index contributed by atoms with van der Waals surface area (Å²) < 4.78 is 30.1. The molecule has 3 aromatic carbocycles. The molecule has 0 fully saturated rings. The largest absolute Gasteiger partial charge is 0.325 e. The Balaban J connectivity index is 1.27. The van der Waals surface area contributed by atoms with E-state index in [1.165, 1.54) is 23.1 Å². The van der Waals surface area contributed by atoms with E-state index in [1.807, 2.05) is 37.3 Å². The second kappa shape index (κ2) is 9.65. The van der Waals surface area contributed by atoms with Gasteiger partial charge in [-0.2, -0.15) is 0 Å². The normalized spacial score (nSPS) is 11.6. The lowest BCUT2D eigenvalue weighted by Gasteiger charge is -2.09. The molecule has 0 aliphatic heterocycles. The van der Waals surface area contributed by atoms with E-state index in [9.17, 15) is 13.2 Å². The van der Waals surface area contributed by atoms with Gasteiger partial charge in [0.15, 0.2) is 4.34 Å². The number of hydrogen-bond acceptors (Lipinski definition) is 7. The number of aryl methyl sites for hydroxylation is 1. The van der Waals surface area contributed by atoms with Crippen molar-refractivity contribution in [3.8, 4) is 0 Å². The summed E-state index contributed by atoms with van der Waals surface area (Å²) in [4.78, 5) is 21.1. The van der Waals surface area contributed by atoms with Gasteiger partial charge in [0, 0.05) is 23.5 Å². The van der Waals surface area contributed by atoms with Gasteiger partial charge in [0.2, 0.25) is 5.91 Å². The summed E-state index contributed by atoms with van der Waals surface area (Å²) >= 11 is 2.76. The van der Waals surface area contributed by atoms with E-state index in [0.717, 1.165) is 36.6 Å². The highest BCUT2D eigenvalue weighted by molar-refractivity contribution is 8.01. The zero-order chi connectivity index (χ0) is 24.4. The van der Waals surface area contributed by atoms with Crippen LogP contribution in [0.25, 0.3) is 21.0 Å². The van der Waals surface area contributed by atoms with Gasteiger partial charge in [0.25, 0.3) is 10.0 Å². The maximum absolute atomic E-state index is 12.9. The summed E-state index contributed by atoms with van der Waals surface area (Å²) in [5.74, 6) is 0.112. The Morgan fingerprint density at radius 1 is 0.971 bits per heavy atom. The SMILES string of the molecule is Cc1ccc(NC(=O)CSc2nc3ccc(NS(=O)(=O)c4ccc5ccncc5c4)cc3s2)cc1. The molecule has 0 aliphatic rings. The Kier molecular flexibility index (Phi) is 6.42. The maximum atomic E-state index is 12.9. The number of thiazole rings is 1. The monoisotopic (exact) mass is 520 g/mol. The van der Waals surface area contributed by atoms with E-state index in [-0.39, 0.29) is 16.6 Å². The summed E-state index contributed by atoms with van der Waals surface area (Å²) in [7, 11) is -3.77. The van der Waals surface area contributed by atoms with Gasteiger partial charge in [-0.05, 0) is 60.8 Å². The second-order valence-electron chi connectivity index (χ2n) is 7.86. The van der Waals surface area contributed by atoms with Crippen molar-refractivity contribution in [2.45, 2.75) is 16.2 Å². The number of carbonyl (C=O) groups is 1. The van der Waals surface area contributed by atoms with Crippen LogP contribution in [0.2, 0.25) is 0 Å². The Bertz CT molecular complexity index is 1650. The summed E-state index contributed by atoms with van der Waals surface area (Å²) in [6.45, 7) is 1.99. The number of anilines is 2. The van der Waals surface area contributed by atoms with Gasteiger partial charge in [-0.3, -0.25) is 14.5 Å². The van der Waals surface area contributed by atoms with Crippen molar-refractivity contribution in [3.63, 3.8) is 0 Å². The number of fused-ring (bicyclic) bond motifs is 2. The van der Waals surface area contributed by atoms with Crippen molar-refractivity contribution in [1.29, 1.82) is 0 Å². The molecule has 176 valence electrons. The van der Waals surface area contributed by atoms with Crippen LogP contribution >= 0.6 is 23.1 Å². The van der Waals surface area contributed by atoms with E-state index in [1.54, 1.807) is 48.8 Å². The van der Waals surface area contributed by atoms with Gasteiger partial charge in [0.1, 0.15) is 0 Å². The lowest BCUT2D eigenvalue weighted by atomic mass is 10.2. The van der Waals surface area contributed by atoms with Crippen LogP contribution in [0, 0.1) is 6.92 Å². The van der Waals surface area contributed by atoms with Crippen molar-refractivity contribution in [1.82, 2.24) is 9.97 Å². The summed E-state index contributed by atoms with van der Waals surface area (Å²) in [6, 6.07) is 19.6. The number of hydrogen-bond donors (Lipinski definition) is 2. The lowest BCUT2D eigenvalue weighted by molar-refractivity contribution is -0.113. The number of amides is 1. The minimum absolute atomic E-state index is 0.114. The van der Waals surface area contributed by atoms with Gasteiger partial charge in [-0.1, -0.05) is 35.5 Å². The van der Waals surface area contributed by atoms with E-state index in [2.05, 4.69) is 20.0 Å². The molecule has 7 nitrogen and oxygen atoms in total. The Hall–Kier alpha value is -3.47. The van der Waals surface area contributed by atoms with Crippen LogP contribution in [0.5, 0.6) is 0 Å². The molecule has 0 radical (unpaired) electrons. The third-order valence-corrected chi connectivity index (χ3v) is 8.75. The molecule has 2 heterocycles. The van der Waals surface area contributed by atoms with Crippen molar-refractivity contribution < 1.29 is 13.2 Å². The molecule has 2 N–H and O–H groups in total. The molecule has 1 amide bonds. The molecule has 0 spiro atoms. The van der Waals surface area contributed by atoms with Crippen molar-refractivity contribution in [2.24, 2.45) is 0 Å². The Morgan fingerprint density at radius 3 is 2.60 bits per heavy atom. The van der Waals surface area contributed by atoms with Crippen LogP contribution in [-0.2, 0) is 14.8 Å². The molecular formula is C25H20N4O3S3. The summed E-state index contributed by atoms with van der Waals surface area (Å²) in [6.07, 6.45) is 3.31. The minimum atomic E-state index is -3.77. The molecule has 2 aromatic heterocycles. The van der Waals surface area contributed by atoms with Gasteiger partial charge < -0.3 is 5.32 Å². The highest BCUT2D eigenvalue weighted by atomic mass is 32.2. The number of sulfonamides is 1. The molecule has 0 aliphatic carbocycles. The third kappa shape index (κ3) is 5.45. The quantitative estimate of drug-likeness (QED) is 0.268. The number of pyridine rings is 1. The molecule has 10 heteroatoms. The van der Waals surface area contributed by atoms with Crippen LogP contribution in [0.3, 0.4) is 0 Å². The van der Waals surface area contributed by atoms with E-state index >= 15 is 0 Å². The molecular weight excluding hydrogens is 501 g/mol. The van der Waals surface area contributed by atoms with E-state index in [4.69, 9.17) is 0 Å². The minimum Gasteiger partial charge on any atom is -0.325 e. The molecule has 5 aromatic rings. The van der Waals surface area contributed by atoms with Crippen molar-refractivity contribution in [3.05, 3.63) is 84.7 Å². The van der Waals surface area contributed by atoms with Crippen molar-refractivity contribution >= 4 is 71.4 Å². The maximum Gasteiger partial charge on any atom is 0.261 e. The fraction of sp³-hybridized carbons (Fsp3) is 0.0800. The summed E-state index contributed by atoms with van der Waals surface area (Å²) in [5, 5.41) is 4.54. The molecule has 0 atom stereocenters. The van der Waals surface area contributed by atoms with Gasteiger partial charge >= 0.3 is 0 Å². The first-order chi connectivity index (χ1) is 16.9. The smallest absolute Gasteiger partial charge is 0.261 e. The number of nitrogens with one attached hydrogen (secondary N) is 2. The Morgan fingerprint density at radius 2 is 1.77 bits per heavy atom. The Labute approximate surface area is 210 Å². The zero-order valence-corrected chi connectivity index (χ0v) is 21.0. The van der Waals surface area contributed by atoms with Crippen molar-refractivity contribution in [2.75, 3.05) is 15.8 Å². The number of thioether (sulfide) groups is 1.